The molecule has 0 spiro atoms. The Morgan fingerprint density at radius 3 is 2.58 bits per heavy atom. The molecule has 3 unspecified atom stereocenters. The van der Waals surface area contributed by atoms with Crippen LogP contribution in [-0.4, -0.2) is 32.4 Å². The second kappa shape index (κ2) is 5.74. The molecule has 0 radical (unpaired) electrons. The Kier molecular flexibility index (Phi) is 3.73. The summed E-state index contributed by atoms with van der Waals surface area (Å²) < 4.78 is 37.8. The maximum atomic E-state index is 13.2. The lowest BCUT2D eigenvalue weighted by Gasteiger charge is -2.47. The highest BCUT2D eigenvalue weighted by atomic mass is 32.2. The van der Waals surface area contributed by atoms with Crippen molar-refractivity contribution in [2.75, 3.05) is 7.11 Å². The van der Waals surface area contributed by atoms with Crippen LogP contribution < -0.4 is 14.8 Å². The second-order valence-corrected chi connectivity index (χ2v) is 8.86. The van der Waals surface area contributed by atoms with E-state index in [1.54, 1.807) is 43.3 Å². The first-order chi connectivity index (χ1) is 12.4. The predicted octanol–water partition coefficient (Wildman–Crippen LogP) is 2.25. The zero-order chi connectivity index (χ0) is 18.5. The first kappa shape index (κ1) is 16.9. The van der Waals surface area contributed by atoms with E-state index in [4.69, 9.17) is 9.47 Å². The first-order valence-electron chi connectivity index (χ1n) is 8.33. The van der Waals surface area contributed by atoms with Crippen LogP contribution in [0, 0.1) is 0 Å². The Morgan fingerprint density at radius 2 is 1.88 bits per heavy atom. The lowest BCUT2D eigenvalue weighted by molar-refractivity contribution is -0.132. The molecule has 2 aromatic carbocycles. The lowest BCUT2D eigenvalue weighted by Crippen LogP contribution is -2.63. The standard InChI is InChI=1S/C19H19NO5S/c1-19-11-14(13-9-6-10-15(24-2)16(13)25-19)17(18(21)20-19)26(22,23)12-7-4-3-5-8-12/h3-10,14,17H,11H2,1-2H3,(H,20,21). The van der Waals surface area contributed by atoms with Gasteiger partial charge in [0, 0.05) is 17.9 Å². The minimum Gasteiger partial charge on any atom is -0.493 e. The van der Waals surface area contributed by atoms with Crippen LogP contribution in [-0.2, 0) is 14.6 Å². The van der Waals surface area contributed by atoms with Gasteiger partial charge in [-0.1, -0.05) is 30.3 Å². The molecule has 2 aliphatic heterocycles. The van der Waals surface area contributed by atoms with Gasteiger partial charge < -0.3 is 14.8 Å². The summed E-state index contributed by atoms with van der Waals surface area (Å²) in [5.74, 6) is -0.0497. The third-order valence-electron chi connectivity index (χ3n) is 4.98. The molecule has 2 heterocycles. The maximum absolute atomic E-state index is 13.2. The maximum Gasteiger partial charge on any atom is 0.242 e. The van der Waals surface area contributed by atoms with Gasteiger partial charge >= 0.3 is 0 Å². The van der Waals surface area contributed by atoms with Gasteiger partial charge in [-0.05, 0) is 25.1 Å². The van der Waals surface area contributed by atoms with Gasteiger partial charge in [-0.15, -0.1) is 0 Å². The Balaban J connectivity index is 1.89. The monoisotopic (exact) mass is 373 g/mol. The highest BCUT2D eigenvalue weighted by molar-refractivity contribution is 7.92. The summed E-state index contributed by atoms with van der Waals surface area (Å²) in [7, 11) is -2.33. The van der Waals surface area contributed by atoms with Gasteiger partial charge in [-0.2, -0.15) is 0 Å². The molecule has 2 aromatic rings. The summed E-state index contributed by atoms with van der Waals surface area (Å²) in [6.07, 6.45) is 0.371. The molecule has 7 heteroatoms. The van der Waals surface area contributed by atoms with E-state index in [-0.39, 0.29) is 4.90 Å². The number of nitrogens with one attached hydrogen (secondary N) is 1. The summed E-state index contributed by atoms with van der Waals surface area (Å²) in [5, 5.41) is 1.53. The van der Waals surface area contributed by atoms with Crippen LogP contribution in [0.5, 0.6) is 11.5 Å². The SMILES string of the molecule is COc1cccc2c1OC1(C)CC2C(S(=O)(=O)c2ccccc2)C(=O)N1. The molecule has 3 atom stereocenters. The third kappa shape index (κ3) is 2.46. The Bertz CT molecular complexity index is 973. The highest BCUT2D eigenvalue weighted by Gasteiger charge is 2.54. The van der Waals surface area contributed by atoms with Gasteiger partial charge in [0.1, 0.15) is 0 Å². The van der Waals surface area contributed by atoms with Crippen molar-refractivity contribution in [1.82, 2.24) is 5.32 Å². The van der Waals surface area contributed by atoms with Crippen LogP contribution in [0.25, 0.3) is 0 Å². The van der Waals surface area contributed by atoms with Crippen molar-refractivity contribution in [2.24, 2.45) is 0 Å². The van der Waals surface area contributed by atoms with Crippen molar-refractivity contribution < 1.29 is 22.7 Å². The van der Waals surface area contributed by atoms with Crippen LogP contribution >= 0.6 is 0 Å². The van der Waals surface area contributed by atoms with Crippen molar-refractivity contribution in [1.29, 1.82) is 0 Å². The molecule has 1 N–H and O–H groups in total. The molecule has 136 valence electrons. The molecule has 1 amide bonds. The van der Waals surface area contributed by atoms with Crippen LogP contribution in [0.3, 0.4) is 0 Å². The number of methoxy groups -OCH3 is 1. The molecule has 1 fully saturated rings. The van der Waals surface area contributed by atoms with Gasteiger partial charge in [0.2, 0.25) is 5.91 Å². The van der Waals surface area contributed by atoms with E-state index in [1.165, 1.54) is 19.2 Å². The largest absolute Gasteiger partial charge is 0.493 e. The predicted molar refractivity (Wildman–Crippen MR) is 94.9 cm³/mol. The number of ether oxygens (including phenoxy) is 2. The highest BCUT2D eigenvalue weighted by Crippen LogP contribution is 2.50. The molecule has 0 aromatic heterocycles. The number of hydrogen-bond acceptors (Lipinski definition) is 5. The quantitative estimate of drug-likeness (QED) is 0.892. The van der Waals surface area contributed by atoms with Gasteiger partial charge in [0.05, 0.1) is 12.0 Å². The van der Waals surface area contributed by atoms with E-state index in [9.17, 15) is 13.2 Å². The zero-order valence-electron chi connectivity index (χ0n) is 14.4. The second-order valence-electron chi connectivity index (χ2n) is 6.79. The number of sulfone groups is 1. The molecular weight excluding hydrogens is 354 g/mol. The molecule has 2 bridgehead atoms. The summed E-state index contributed by atoms with van der Waals surface area (Å²) in [6.45, 7) is 1.75. The van der Waals surface area contributed by atoms with Crippen molar-refractivity contribution in [2.45, 2.75) is 35.1 Å². The average molecular weight is 373 g/mol. The Morgan fingerprint density at radius 1 is 1.15 bits per heavy atom. The number of para-hydroxylation sites is 1. The number of rotatable bonds is 3. The van der Waals surface area contributed by atoms with E-state index >= 15 is 0 Å². The summed E-state index contributed by atoms with van der Waals surface area (Å²) >= 11 is 0. The molecule has 1 saturated heterocycles. The van der Waals surface area contributed by atoms with E-state index in [0.29, 0.717) is 23.5 Å². The number of benzene rings is 2. The minimum atomic E-state index is -3.86. The third-order valence-corrected chi connectivity index (χ3v) is 7.12. The minimum absolute atomic E-state index is 0.139. The first-order valence-corrected chi connectivity index (χ1v) is 9.87. The van der Waals surface area contributed by atoms with Crippen LogP contribution in [0.2, 0.25) is 0 Å². The summed E-state index contributed by atoms with van der Waals surface area (Å²) in [5.41, 5.74) is -0.285. The van der Waals surface area contributed by atoms with Crippen molar-refractivity contribution >= 4 is 15.7 Å². The van der Waals surface area contributed by atoms with Crippen molar-refractivity contribution in [3.8, 4) is 11.5 Å². The fourth-order valence-corrected chi connectivity index (χ4v) is 5.71. The molecular formula is C19H19NO5S. The molecule has 6 nitrogen and oxygen atoms in total. The number of fused-ring (bicyclic) bond motifs is 4. The molecule has 26 heavy (non-hydrogen) atoms. The van der Waals surface area contributed by atoms with E-state index in [1.807, 2.05) is 0 Å². The number of carbonyl (C=O) groups excluding carboxylic acids is 1. The number of carbonyl (C=O) groups is 1. The molecule has 0 saturated carbocycles. The Hall–Kier alpha value is -2.54. The van der Waals surface area contributed by atoms with E-state index < -0.39 is 32.6 Å². The Labute approximate surface area is 152 Å². The van der Waals surface area contributed by atoms with Crippen LogP contribution in [0.4, 0.5) is 0 Å². The topological polar surface area (TPSA) is 81.7 Å². The molecule has 4 rings (SSSR count). The van der Waals surface area contributed by atoms with Gasteiger partial charge in [-0.25, -0.2) is 8.42 Å². The molecule has 2 aliphatic rings. The normalized spacial score (nSPS) is 27.1. The van der Waals surface area contributed by atoms with E-state index in [0.717, 1.165) is 0 Å². The van der Waals surface area contributed by atoms with Crippen molar-refractivity contribution in [3.05, 3.63) is 54.1 Å². The number of piperidine rings is 1. The molecule has 0 aliphatic carbocycles. The van der Waals surface area contributed by atoms with Crippen molar-refractivity contribution in [3.63, 3.8) is 0 Å². The van der Waals surface area contributed by atoms with Crippen LogP contribution in [0.15, 0.2) is 53.4 Å². The van der Waals surface area contributed by atoms with E-state index in [2.05, 4.69) is 5.32 Å². The fraction of sp³-hybridized carbons (Fsp3) is 0.316. The lowest BCUT2D eigenvalue weighted by atomic mass is 9.81. The van der Waals surface area contributed by atoms with Crippen LogP contribution in [0.1, 0.15) is 24.8 Å². The zero-order valence-corrected chi connectivity index (χ0v) is 15.2. The van der Waals surface area contributed by atoms with Gasteiger partial charge in [-0.3, -0.25) is 4.79 Å². The number of amides is 1. The van der Waals surface area contributed by atoms with Gasteiger partial charge in [0.15, 0.2) is 32.3 Å². The number of hydrogen-bond donors (Lipinski definition) is 1. The average Bonchev–Trinajstić information content (AvgIpc) is 2.61. The summed E-state index contributed by atoms with van der Waals surface area (Å²) in [4.78, 5) is 12.9. The fourth-order valence-electron chi connectivity index (χ4n) is 3.87. The van der Waals surface area contributed by atoms with Gasteiger partial charge in [0.25, 0.3) is 0 Å². The summed E-state index contributed by atoms with van der Waals surface area (Å²) in [6, 6.07) is 13.4. The smallest absolute Gasteiger partial charge is 0.242 e.